The number of rotatable bonds is 14. The highest BCUT2D eigenvalue weighted by Crippen LogP contribution is 2.18. The summed E-state index contributed by atoms with van der Waals surface area (Å²) in [5.41, 5.74) is 0. The van der Waals surface area contributed by atoms with Crippen LogP contribution in [0.15, 0.2) is 12.2 Å². The summed E-state index contributed by atoms with van der Waals surface area (Å²) in [5.74, 6) is -0.488. The lowest BCUT2D eigenvalue weighted by Crippen LogP contribution is -2.47. The number of esters is 1. The molecular weight excluding hydrogens is 330 g/mol. The average molecular weight is 364 g/mol. The van der Waals surface area contributed by atoms with Gasteiger partial charge in [-0.3, -0.25) is 5.32 Å². The molecule has 0 rings (SSSR count). The van der Waals surface area contributed by atoms with E-state index < -0.39 is 27.1 Å². The van der Waals surface area contributed by atoms with Gasteiger partial charge in [-0.15, -0.1) is 0 Å². The Morgan fingerprint density at radius 3 is 2.12 bits per heavy atom. The van der Waals surface area contributed by atoms with Crippen molar-refractivity contribution >= 4 is 14.8 Å². The predicted octanol–water partition coefficient (Wildman–Crippen LogP) is 1.84. The zero-order chi connectivity index (χ0) is 18.4. The fraction of sp³-hybridized carbons (Fsp3) is 0.812. The van der Waals surface area contributed by atoms with E-state index in [-0.39, 0.29) is 0 Å². The van der Waals surface area contributed by atoms with Gasteiger partial charge in [0, 0.05) is 31.9 Å². The molecule has 0 aromatic carbocycles. The lowest BCUT2D eigenvalue weighted by atomic mass is 10.3. The highest BCUT2D eigenvalue weighted by molar-refractivity contribution is 6.60. The van der Waals surface area contributed by atoms with Gasteiger partial charge in [0.15, 0.2) is 6.23 Å². The summed E-state index contributed by atoms with van der Waals surface area (Å²) in [6.45, 7) is 11.2. The third kappa shape index (κ3) is 9.51. The first kappa shape index (κ1) is 23.2. The molecular formula is C16H33NO6Si. The number of hydrogen-bond donors (Lipinski definition) is 2. The van der Waals surface area contributed by atoms with E-state index in [0.717, 1.165) is 6.42 Å². The highest BCUT2D eigenvalue weighted by atomic mass is 28.4. The molecule has 24 heavy (non-hydrogen) atoms. The maximum absolute atomic E-state index is 11.5. The van der Waals surface area contributed by atoms with Crippen LogP contribution in [-0.2, 0) is 22.8 Å². The maximum Gasteiger partial charge on any atom is 0.500 e. The molecule has 0 saturated heterocycles. The van der Waals surface area contributed by atoms with Crippen LogP contribution in [0.2, 0.25) is 6.04 Å². The van der Waals surface area contributed by atoms with Crippen LogP contribution in [0.25, 0.3) is 0 Å². The maximum atomic E-state index is 11.5. The Hall–Kier alpha value is -0.773. The summed E-state index contributed by atoms with van der Waals surface area (Å²) < 4.78 is 22.5. The molecule has 0 amide bonds. The van der Waals surface area contributed by atoms with Crippen LogP contribution in [0.1, 0.15) is 41.0 Å². The van der Waals surface area contributed by atoms with Crippen LogP contribution < -0.4 is 5.32 Å². The lowest BCUT2D eigenvalue weighted by molar-refractivity contribution is -0.150. The van der Waals surface area contributed by atoms with Crippen LogP contribution in [0.5, 0.6) is 0 Å². The Labute approximate surface area is 146 Å². The molecule has 0 radical (unpaired) electrons. The quantitative estimate of drug-likeness (QED) is 0.160. The third-order valence-electron chi connectivity index (χ3n) is 3.08. The van der Waals surface area contributed by atoms with Crippen molar-refractivity contribution in [1.29, 1.82) is 0 Å². The van der Waals surface area contributed by atoms with Gasteiger partial charge in [-0.25, -0.2) is 4.79 Å². The Bertz CT molecular complexity index is 347. The highest BCUT2D eigenvalue weighted by Gasteiger charge is 2.39. The van der Waals surface area contributed by atoms with Gasteiger partial charge in [-0.2, -0.15) is 0 Å². The van der Waals surface area contributed by atoms with Gasteiger partial charge in [0.2, 0.25) is 0 Å². The van der Waals surface area contributed by atoms with Crippen molar-refractivity contribution < 1.29 is 27.9 Å². The molecule has 0 fully saturated rings. The molecule has 0 aliphatic carbocycles. The van der Waals surface area contributed by atoms with Crippen molar-refractivity contribution in [3.05, 3.63) is 12.2 Å². The largest absolute Gasteiger partial charge is 0.500 e. The van der Waals surface area contributed by atoms with E-state index in [4.69, 9.17) is 18.0 Å². The van der Waals surface area contributed by atoms with Gasteiger partial charge in [0.05, 0.1) is 0 Å². The van der Waals surface area contributed by atoms with Gasteiger partial charge in [0.1, 0.15) is 6.10 Å². The Balaban J connectivity index is 4.48. The van der Waals surface area contributed by atoms with Crippen LogP contribution >= 0.6 is 0 Å². The number of ether oxygens (including phenoxy) is 1. The summed E-state index contributed by atoms with van der Waals surface area (Å²) in [5, 5.41) is 12.7. The molecule has 142 valence electrons. The molecule has 0 bridgehead atoms. The first-order valence-corrected chi connectivity index (χ1v) is 10.5. The number of aliphatic hydroxyl groups is 1. The van der Waals surface area contributed by atoms with E-state index in [2.05, 4.69) is 5.32 Å². The minimum atomic E-state index is -2.66. The summed E-state index contributed by atoms with van der Waals surface area (Å²) >= 11 is 0. The van der Waals surface area contributed by atoms with Gasteiger partial charge in [-0.1, -0.05) is 6.08 Å². The molecule has 7 nitrogen and oxygen atoms in total. The minimum Gasteiger partial charge on any atom is -0.441 e. The first-order valence-electron chi connectivity index (χ1n) is 8.61. The summed E-state index contributed by atoms with van der Waals surface area (Å²) in [6, 6.07) is 0.658. The van der Waals surface area contributed by atoms with Crippen molar-refractivity contribution in [1.82, 2.24) is 5.32 Å². The van der Waals surface area contributed by atoms with Gasteiger partial charge in [-0.05, 0) is 47.6 Å². The number of aliphatic hydroxyl groups excluding tert-OH is 1. The number of carbonyl (C=O) groups is 1. The van der Waals surface area contributed by atoms with Gasteiger partial charge in [0.25, 0.3) is 0 Å². The van der Waals surface area contributed by atoms with Crippen LogP contribution in [0, 0.1) is 0 Å². The molecule has 0 aliphatic heterocycles. The van der Waals surface area contributed by atoms with E-state index in [0.29, 0.717) is 32.4 Å². The van der Waals surface area contributed by atoms with E-state index in [1.807, 2.05) is 20.8 Å². The molecule has 2 N–H and O–H groups in total. The second kappa shape index (κ2) is 13.5. The molecule has 0 aromatic heterocycles. The summed E-state index contributed by atoms with van der Waals surface area (Å²) in [6.07, 6.45) is 2.06. The normalized spacial score (nSPS) is 14.8. The topological polar surface area (TPSA) is 86.3 Å². The second-order valence-corrected chi connectivity index (χ2v) is 7.87. The summed E-state index contributed by atoms with van der Waals surface area (Å²) in [4.78, 5) is 11.5. The average Bonchev–Trinajstić information content (AvgIpc) is 2.51. The Kier molecular flexibility index (Phi) is 13.1. The summed E-state index contributed by atoms with van der Waals surface area (Å²) in [7, 11) is -2.66. The van der Waals surface area contributed by atoms with Crippen molar-refractivity contribution in [2.75, 3.05) is 26.4 Å². The second-order valence-electron chi connectivity index (χ2n) is 5.14. The van der Waals surface area contributed by atoms with E-state index in [1.165, 1.54) is 6.08 Å². The Morgan fingerprint density at radius 1 is 1.17 bits per heavy atom. The fourth-order valence-corrected chi connectivity index (χ4v) is 4.77. The van der Waals surface area contributed by atoms with Crippen molar-refractivity contribution in [3.63, 3.8) is 0 Å². The van der Waals surface area contributed by atoms with E-state index >= 15 is 0 Å². The smallest absolute Gasteiger partial charge is 0.441 e. The fourth-order valence-electron chi connectivity index (χ4n) is 2.16. The molecule has 0 aromatic rings. The molecule has 2 atom stereocenters. The first-order chi connectivity index (χ1) is 11.4. The zero-order valence-electron chi connectivity index (χ0n) is 15.5. The number of allylic oxidation sites excluding steroid dienone is 1. The number of carbonyl (C=O) groups excluding carboxylic acids is 1. The standard InChI is InChI=1S/C16H33NO6Si/c1-6-11-15(19)23-16(14(5)18)17-12-10-13-24(20-7-2,21-8-3)22-9-4/h6,11,14,16-18H,7-10,12-13H2,1-5H3/b11-6+. The third-order valence-corrected chi connectivity index (χ3v) is 6.23. The van der Waals surface area contributed by atoms with Crippen molar-refractivity contribution in [2.24, 2.45) is 0 Å². The van der Waals surface area contributed by atoms with Crippen molar-refractivity contribution in [3.8, 4) is 0 Å². The van der Waals surface area contributed by atoms with E-state index in [1.54, 1.807) is 19.9 Å². The molecule has 0 heterocycles. The minimum absolute atomic E-state index is 0.488. The lowest BCUT2D eigenvalue weighted by Gasteiger charge is -2.29. The number of hydrogen-bond acceptors (Lipinski definition) is 7. The molecule has 0 saturated carbocycles. The molecule has 0 spiro atoms. The van der Waals surface area contributed by atoms with E-state index in [9.17, 15) is 9.90 Å². The molecule has 8 heteroatoms. The van der Waals surface area contributed by atoms with Gasteiger partial charge >= 0.3 is 14.8 Å². The van der Waals surface area contributed by atoms with Crippen molar-refractivity contribution in [2.45, 2.75) is 59.4 Å². The zero-order valence-corrected chi connectivity index (χ0v) is 16.5. The molecule has 2 unspecified atom stereocenters. The van der Waals surface area contributed by atoms with Crippen LogP contribution in [0.4, 0.5) is 0 Å². The van der Waals surface area contributed by atoms with Gasteiger partial charge < -0.3 is 23.1 Å². The monoisotopic (exact) mass is 363 g/mol. The SMILES string of the molecule is C/C=C/C(=O)OC(NCCC[Si](OCC)(OCC)OCC)C(C)O. The Morgan fingerprint density at radius 2 is 1.71 bits per heavy atom. The molecule has 0 aliphatic rings. The predicted molar refractivity (Wildman–Crippen MR) is 94.4 cm³/mol. The van der Waals surface area contributed by atoms with Crippen LogP contribution in [-0.4, -0.2) is 58.6 Å². The number of nitrogens with one attached hydrogen (secondary N) is 1. The van der Waals surface area contributed by atoms with Crippen LogP contribution in [0.3, 0.4) is 0 Å².